The van der Waals surface area contributed by atoms with Crippen molar-refractivity contribution in [1.29, 1.82) is 0 Å². The van der Waals surface area contributed by atoms with Gasteiger partial charge in [0, 0.05) is 28.6 Å². The van der Waals surface area contributed by atoms with Crippen LogP contribution in [0.1, 0.15) is 56.2 Å². The Balaban J connectivity index is 2.08. The molecule has 0 spiro atoms. The van der Waals surface area contributed by atoms with Gasteiger partial charge in [-0.1, -0.05) is 39.8 Å². The highest BCUT2D eigenvalue weighted by molar-refractivity contribution is 6.08. The van der Waals surface area contributed by atoms with Gasteiger partial charge in [0.15, 0.2) is 11.8 Å². The van der Waals surface area contributed by atoms with E-state index in [4.69, 9.17) is 4.42 Å². The molecule has 0 aliphatic heterocycles. The summed E-state index contributed by atoms with van der Waals surface area (Å²) < 4.78 is 8.47. The van der Waals surface area contributed by atoms with Gasteiger partial charge in [-0.15, -0.1) is 0 Å². The number of aromatic nitrogens is 2. The molecule has 0 N–H and O–H groups in total. The van der Waals surface area contributed by atoms with Crippen molar-refractivity contribution >= 4 is 22.1 Å². The molecule has 4 rings (SSSR count). The van der Waals surface area contributed by atoms with Crippen molar-refractivity contribution in [3.05, 3.63) is 59.4 Å². The van der Waals surface area contributed by atoms with E-state index < -0.39 is 0 Å². The van der Waals surface area contributed by atoms with Crippen LogP contribution in [0.4, 0.5) is 0 Å². The fourth-order valence-corrected chi connectivity index (χ4v) is 4.01. The third-order valence-electron chi connectivity index (χ3n) is 5.46. The second-order valence-corrected chi connectivity index (χ2v) is 8.08. The van der Waals surface area contributed by atoms with Crippen LogP contribution in [0.2, 0.25) is 0 Å². The Hall–Kier alpha value is -2.68. The number of furan rings is 1. The summed E-state index contributed by atoms with van der Waals surface area (Å²) in [6.45, 7) is 11.2. The summed E-state index contributed by atoms with van der Waals surface area (Å²) in [5.74, 6) is 0.967. The van der Waals surface area contributed by atoms with Crippen LogP contribution in [-0.2, 0) is 7.05 Å². The number of pyridine rings is 2. The highest BCUT2D eigenvalue weighted by Gasteiger charge is 2.24. The molecule has 138 valence electrons. The summed E-state index contributed by atoms with van der Waals surface area (Å²) in [7, 11) is 2.13. The number of hydrogen-bond acceptors (Lipinski definition) is 2. The number of fused-ring (bicyclic) bond motifs is 3. The van der Waals surface area contributed by atoms with E-state index in [0.717, 1.165) is 21.9 Å². The largest absolute Gasteiger partial charge is 0.437 e. The van der Waals surface area contributed by atoms with Gasteiger partial charge in [-0.3, -0.25) is 0 Å². The number of nitrogens with zero attached hydrogens (tertiary/aromatic N) is 2. The lowest BCUT2D eigenvalue weighted by Gasteiger charge is -2.16. The molecule has 0 saturated heterocycles. The lowest BCUT2D eigenvalue weighted by molar-refractivity contribution is -0.660. The van der Waals surface area contributed by atoms with Crippen LogP contribution in [0.25, 0.3) is 33.3 Å². The quantitative estimate of drug-likeness (QED) is 0.418. The zero-order chi connectivity index (χ0) is 19.3. The van der Waals surface area contributed by atoms with E-state index in [1.807, 2.05) is 6.07 Å². The molecule has 3 nitrogen and oxygen atoms in total. The molecule has 0 radical (unpaired) electrons. The molecule has 3 aromatic heterocycles. The van der Waals surface area contributed by atoms with Gasteiger partial charge in [-0.2, -0.15) is 0 Å². The van der Waals surface area contributed by atoms with Gasteiger partial charge < -0.3 is 4.42 Å². The minimum absolute atomic E-state index is 0.471. The van der Waals surface area contributed by atoms with Crippen LogP contribution < -0.4 is 4.57 Å². The van der Waals surface area contributed by atoms with Gasteiger partial charge in [0.2, 0.25) is 11.4 Å². The summed E-state index contributed by atoms with van der Waals surface area (Å²) in [6.07, 6.45) is 4.07. The van der Waals surface area contributed by atoms with Crippen LogP contribution in [-0.4, -0.2) is 4.98 Å². The summed E-state index contributed by atoms with van der Waals surface area (Å²) in [4.78, 5) is 4.41. The zero-order valence-electron chi connectivity index (χ0n) is 17.0. The monoisotopic (exact) mass is 359 g/mol. The van der Waals surface area contributed by atoms with Crippen molar-refractivity contribution in [3.63, 3.8) is 0 Å². The molecule has 0 unspecified atom stereocenters. The second kappa shape index (κ2) is 6.49. The van der Waals surface area contributed by atoms with E-state index >= 15 is 0 Å². The van der Waals surface area contributed by atoms with Crippen molar-refractivity contribution in [1.82, 2.24) is 4.98 Å². The van der Waals surface area contributed by atoms with Crippen molar-refractivity contribution in [2.45, 2.75) is 46.5 Å². The first-order valence-electron chi connectivity index (χ1n) is 9.69. The Morgan fingerprint density at radius 2 is 1.70 bits per heavy atom. The second-order valence-electron chi connectivity index (χ2n) is 8.08. The maximum Gasteiger partial charge on any atom is 0.227 e. The van der Waals surface area contributed by atoms with Gasteiger partial charge >= 0.3 is 0 Å². The molecule has 0 atom stereocenters. The molecule has 1 aromatic carbocycles. The van der Waals surface area contributed by atoms with Gasteiger partial charge in [0.25, 0.3) is 0 Å². The minimum atomic E-state index is 0.471. The SMILES string of the molecule is Cc1ccc2c(oc3ncccc32)c1-c1cc(C(C)C)c(C(C)C)c[n+]1C. The first-order chi connectivity index (χ1) is 12.9. The molecule has 0 fully saturated rings. The topological polar surface area (TPSA) is 29.9 Å². The Labute approximate surface area is 160 Å². The van der Waals surface area contributed by atoms with Crippen LogP contribution in [0.3, 0.4) is 0 Å². The van der Waals surface area contributed by atoms with Crippen LogP contribution in [0, 0.1) is 6.92 Å². The molecule has 4 aromatic rings. The van der Waals surface area contributed by atoms with E-state index in [0.29, 0.717) is 17.5 Å². The molecule has 0 aliphatic carbocycles. The summed E-state index contributed by atoms with van der Waals surface area (Å²) in [6, 6.07) is 10.7. The number of rotatable bonds is 3. The average Bonchev–Trinajstić information content (AvgIpc) is 3.00. The molecule has 0 aliphatic rings. The summed E-state index contributed by atoms with van der Waals surface area (Å²) >= 11 is 0. The Bertz CT molecular complexity index is 1150. The number of hydrogen-bond donors (Lipinski definition) is 0. The Kier molecular flexibility index (Phi) is 4.26. The van der Waals surface area contributed by atoms with Crippen LogP contribution in [0.15, 0.2) is 47.1 Å². The number of aryl methyl sites for hydroxylation is 2. The van der Waals surface area contributed by atoms with Crippen LogP contribution >= 0.6 is 0 Å². The van der Waals surface area contributed by atoms with Gasteiger partial charge in [-0.25, -0.2) is 9.55 Å². The molecular formula is C24H27N2O+. The number of benzene rings is 1. The lowest BCUT2D eigenvalue weighted by atomic mass is 9.90. The van der Waals surface area contributed by atoms with E-state index in [9.17, 15) is 0 Å². The zero-order valence-corrected chi connectivity index (χ0v) is 17.0. The fourth-order valence-electron chi connectivity index (χ4n) is 4.01. The van der Waals surface area contributed by atoms with Crippen LogP contribution in [0.5, 0.6) is 0 Å². The molecule has 0 amide bonds. The normalized spacial score (nSPS) is 12.0. The molecule has 3 heteroatoms. The molecule has 0 saturated carbocycles. The highest BCUT2D eigenvalue weighted by atomic mass is 16.3. The molecule has 0 bridgehead atoms. The van der Waals surface area contributed by atoms with Gasteiger partial charge in [-0.05, 0) is 42.0 Å². The lowest BCUT2D eigenvalue weighted by Crippen LogP contribution is -2.32. The Morgan fingerprint density at radius 1 is 0.963 bits per heavy atom. The average molecular weight is 359 g/mol. The summed E-state index contributed by atoms with van der Waals surface area (Å²) in [5.41, 5.74) is 7.99. The fraction of sp³-hybridized carbons (Fsp3) is 0.333. The van der Waals surface area contributed by atoms with Crippen molar-refractivity contribution in [2.24, 2.45) is 7.05 Å². The first kappa shape index (κ1) is 17.7. The van der Waals surface area contributed by atoms with E-state index in [1.54, 1.807) is 6.20 Å². The van der Waals surface area contributed by atoms with Gasteiger partial charge in [0.05, 0.1) is 5.56 Å². The third-order valence-corrected chi connectivity index (χ3v) is 5.46. The summed E-state index contributed by atoms with van der Waals surface area (Å²) in [5, 5.41) is 2.19. The molecule has 27 heavy (non-hydrogen) atoms. The predicted molar refractivity (Wildman–Crippen MR) is 111 cm³/mol. The Morgan fingerprint density at radius 3 is 2.41 bits per heavy atom. The third kappa shape index (κ3) is 2.82. The maximum atomic E-state index is 6.23. The van der Waals surface area contributed by atoms with E-state index in [2.05, 4.69) is 81.7 Å². The van der Waals surface area contributed by atoms with Gasteiger partial charge in [0.1, 0.15) is 7.05 Å². The van der Waals surface area contributed by atoms with E-state index in [1.165, 1.54) is 22.4 Å². The first-order valence-corrected chi connectivity index (χ1v) is 9.69. The smallest absolute Gasteiger partial charge is 0.227 e. The maximum absolute atomic E-state index is 6.23. The van der Waals surface area contributed by atoms with Crippen molar-refractivity contribution < 1.29 is 8.98 Å². The minimum Gasteiger partial charge on any atom is -0.437 e. The van der Waals surface area contributed by atoms with Crippen molar-refractivity contribution in [3.8, 4) is 11.3 Å². The standard InChI is InChI=1S/C24H27N2O/c1-14(2)19-12-21(26(6)13-20(19)15(3)4)22-16(5)9-10-17-18-8-7-11-25-24(18)27-23(17)22/h7-15H,1-6H3/q+1. The molecular weight excluding hydrogens is 332 g/mol. The highest BCUT2D eigenvalue weighted by Crippen LogP contribution is 2.37. The predicted octanol–water partition coefficient (Wildman–Crippen LogP) is 6.03. The molecule has 3 heterocycles. The van der Waals surface area contributed by atoms with Crippen molar-refractivity contribution in [2.75, 3.05) is 0 Å². The van der Waals surface area contributed by atoms with E-state index in [-0.39, 0.29) is 0 Å².